The molecule has 1 fully saturated rings. The molecule has 1 unspecified atom stereocenters. The van der Waals surface area contributed by atoms with Crippen molar-refractivity contribution in [3.8, 4) is 0 Å². The fraction of sp³-hybridized carbons (Fsp3) is 0.619. The Kier molecular flexibility index (Phi) is 4.19. The number of carbonyl (C=O) groups is 1. The molecule has 5 rings (SSSR count). The van der Waals surface area contributed by atoms with Gasteiger partial charge in [0, 0.05) is 18.0 Å². The number of thiophene rings is 1. The van der Waals surface area contributed by atoms with Crippen molar-refractivity contribution in [2.45, 2.75) is 59.3 Å². The summed E-state index contributed by atoms with van der Waals surface area (Å²) in [5.41, 5.74) is 2.49. The minimum Gasteiger partial charge on any atom is -0.336 e. The van der Waals surface area contributed by atoms with E-state index in [9.17, 15) is 4.79 Å². The minimum absolute atomic E-state index is 0.0477. The van der Waals surface area contributed by atoms with Crippen LogP contribution in [0.4, 0.5) is 0 Å². The number of amides is 1. The minimum atomic E-state index is -0.0477. The summed E-state index contributed by atoms with van der Waals surface area (Å²) in [7, 11) is 0. The number of aryl methyl sites for hydroxylation is 1. The maximum Gasteiger partial charge on any atom is 0.293 e. The van der Waals surface area contributed by atoms with Crippen LogP contribution in [0.15, 0.2) is 6.33 Å². The molecule has 0 bridgehead atoms. The third kappa shape index (κ3) is 2.91. The van der Waals surface area contributed by atoms with Gasteiger partial charge in [-0.1, -0.05) is 20.8 Å². The first-order chi connectivity index (χ1) is 13.4. The Morgan fingerprint density at radius 1 is 1.21 bits per heavy atom. The normalized spacial score (nSPS) is 20.7. The van der Waals surface area contributed by atoms with E-state index in [-0.39, 0.29) is 5.91 Å². The van der Waals surface area contributed by atoms with Gasteiger partial charge in [0.1, 0.15) is 11.2 Å². The van der Waals surface area contributed by atoms with Crippen LogP contribution in [0.5, 0.6) is 0 Å². The van der Waals surface area contributed by atoms with Gasteiger partial charge in [0.25, 0.3) is 5.91 Å². The van der Waals surface area contributed by atoms with Gasteiger partial charge in [-0.25, -0.2) is 14.5 Å². The highest BCUT2D eigenvalue weighted by molar-refractivity contribution is 7.19. The Morgan fingerprint density at radius 3 is 2.75 bits per heavy atom. The van der Waals surface area contributed by atoms with E-state index in [0.717, 1.165) is 54.6 Å². The molecular formula is C21H27N5OS. The van der Waals surface area contributed by atoms with Crippen LogP contribution in [-0.2, 0) is 12.8 Å². The number of likely N-dealkylation sites (tertiary alicyclic amines) is 1. The van der Waals surface area contributed by atoms with Gasteiger partial charge in [-0.05, 0) is 55.4 Å². The van der Waals surface area contributed by atoms with Gasteiger partial charge in [0.05, 0.1) is 5.39 Å². The second kappa shape index (κ2) is 6.51. The third-order valence-corrected chi connectivity index (χ3v) is 7.61. The van der Waals surface area contributed by atoms with Crippen LogP contribution < -0.4 is 0 Å². The van der Waals surface area contributed by atoms with Crippen LogP contribution in [0.3, 0.4) is 0 Å². The molecule has 6 nitrogen and oxygen atoms in total. The lowest BCUT2D eigenvalue weighted by molar-refractivity contribution is 0.0712. The first-order valence-corrected chi connectivity index (χ1v) is 11.2. The molecule has 2 aliphatic rings. The quantitative estimate of drug-likeness (QED) is 0.620. The van der Waals surface area contributed by atoms with Crippen molar-refractivity contribution in [2.24, 2.45) is 11.3 Å². The van der Waals surface area contributed by atoms with Crippen LogP contribution in [-0.4, -0.2) is 43.5 Å². The van der Waals surface area contributed by atoms with E-state index in [4.69, 9.17) is 4.98 Å². The molecule has 1 aliphatic heterocycles. The maximum atomic E-state index is 12.9. The summed E-state index contributed by atoms with van der Waals surface area (Å²) < 4.78 is 1.70. The highest BCUT2D eigenvalue weighted by atomic mass is 32.1. The molecule has 7 heteroatoms. The number of nitrogens with zero attached hydrogens (tertiary/aromatic N) is 5. The summed E-state index contributed by atoms with van der Waals surface area (Å²) >= 11 is 1.79. The SMILES string of the molecule is CC(C)(C)C1CCc2c(sc3ncn4nc(C(=O)N5CCCCC5)nc4c23)C1. The number of rotatable bonds is 1. The lowest BCUT2D eigenvalue weighted by Gasteiger charge is -2.33. The van der Waals surface area contributed by atoms with E-state index in [2.05, 4.69) is 30.9 Å². The topological polar surface area (TPSA) is 63.4 Å². The zero-order valence-electron chi connectivity index (χ0n) is 16.9. The molecule has 4 heterocycles. The monoisotopic (exact) mass is 397 g/mol. The molecule has 0 spiro atoms. The van der Waals surface area contributed by atoms with Crippen LogP contribution in [0.1, 0.15) is 67.5 Å². The van der Waals surface area contributed by atoms with Gasteiger partial charge < -0.3 is 4.90 Å². The molecule has 1 aliphatic carbocycles. The largest absolute Gasteiger partial charge is 0.336 e. The molecule has 28 heavy (non-hydrogen) atoms. The van der Waals surface area contributed by atoms with E-state index in [1.54, 1.807) is 22.2 Å². The molecule has 0 aromatic carbocycles. The number of hydrogen-bond donors (Lipinski definition) is 0. The lowest BCUT2D eigenvalue weighted by atomic mass is 9.72. The van der Waals surface area contributed by atoms with Gasteiger partial charge in [0.15, 0.2) is 5.65 Å². The van der Waals surface area contributed by atoms with Crippen molar-refractivity contribution in [3.05, 3.63) is 22.6 Å². The van der Waals surface area contributed by atoms with Crippen molar-refractivity contribution in [1.29, 1.82) is 0 Å². The molecule has 1 atom stereocenters. The first-order valence-electron chi connectivity index (χ1n) is 10.4. The van der Waals surface area contributed by atoms with Gasteiger partial charge in [-0.15, -0.1) is 16.4 Å². The van der Waals surface area contributed by atoms with E-state index in [0.29, 0.717) is 17.2 Å². The highest BCUT2D eigenvalue weighted by Gasteiger charge is 2.32. The fourth-order valence-corrected chi connectivity index (χ4v) is 5.90. The highest BCUT2D eigenvalue weighted by Crippen LogP contribution is 2.43. The van der Waals surface area contributed by atoms with Crippen LogP contribution in [0.25, 0.3) is 15.9 Å². The molecule has 0 saturated carbocycles. The van der Waals surface area contributed by atoms with Crippen molar-refractivity contribution < 1.29 is 4.79 Å². The van der Waals surface area contributed by atoms with Crippen molar-refractivity contribution >= 4 is 33.1 Å². The van der Waals surface area contributed by atoms with Crippen LogP contribution >= 0.6 is 11.3 Å². The Balaban J connectivity index is 1.56. The third-order valence-electron chi connectivity index (χ3n) is 6.45. The summed E-state index contributed by atoms with van der Waals surface area (Å²) in [5.74, 6) is 0.950. The molecule has 0 N–H and O–H groups in total. The smallest absolute Gasteiger partial charge is 0.293 e. The zero-order chi connectivity index (χ0) is 19.5. The average molecular weight is 398 g/mol. The number of carbonyl (C=O) groups excluding carboxylic acids is 1. The van der Waals surface area contributed by atoms with Crippen LogP contribution in [0, 0.1) is 11.3 Å². The lowest BCUT2D eigenvalue weighted by Crippen LogP contribution is -2.36. The molecular weight excluding hydrogens is 370 g/mol. The summed E-state index contributed by atoms with van der Waals surface area (Å²) in [4.78, 5) is 26.5. The molecule has 148 valence electrons. The first kappa shape index (κ1) is 18.0. The molecule has 1 saturated heterocycles. The molecule has 1 amide bonds. The molecule has 3 aromatic rings. The number of hydrogen-bond acceptors (Lipinski definition) is 5. The van der Waals surface area contributed by atoms with E-state index in [1.807, 2.05) is 4.90 Å². The number of aromatic nitrogens is 4. The van der Waals surface area contributed by atoms with Gasteiger partial charge in [-0.2, -0.15) is 0 Å². The summed E-state index contributed by atoms with van der Waals surface area (Å²) in [6.07, 6.45) is 8.40. The van der Waals surface area contributed by atoms with Gasteiger partial charge in [-0.3, -0.25) is 4.79 Å². The number of fused-ring (bicyclic) bond motifs is 5. The number of piperidine rings is 1. The Bertz CT molecular complexity index is 1050. The predicted octanol–water partition coefficient (Wildman–Crippen LogP) is 4.12. The van der Waals surface area contributed by atoms with E-state index < -0.39 is 0 Å². The van der Waals surface area contributed by atoms with Gasteiger partial charge >= 0.3 is 0 Å². The summed E-state index contributed by atoms with van der Waals surface area (Å²) in [5, 5.41) is 5.59. The zero-order valence-corrected chi connectivity index (χ0v) is 17.7. The Labute approximate surface area is 169 Å². The summed E-state index contributed by atoms with van der Waals surface area (Å²) in [6, 6.07) is 0. The molecule has 3 aromatic heterocycles. The standard InChI is InChI=1S/C21H27N5OS/c1-21(2,3)13-7-8-14-15(11-13)28-19-16(14)18-23-17(24-26(18)12-22-19)20(27)25-9-5-4-6-10-25/h12-13H,4-11H2,1-3H3. The second-order valence-electron chi connectivity index (χ2n) is 9.29. The second-order valence-corrected chi connectivity index (χ2v) is 10.4. The fourth-order valence-electron chi connectivity index (χ4n) is 4.64. The van der Waals surface area contributed by atoms with Crippen molar-refractivity contribution in [1.82, 2.24) is 24.5 Å². The van der Waals surface area contributed by atoms with Crippen molar-refractivity contribution in [3.63, 3.8) is 0 Å². The van der Waals surface area contributed by atoms with Crippen molar-refractivity contribution in [2.75, 3.05) is 13.1 Å². The summed E-state index contributed by atoms with van der Waals surface area (Å²) in [6.45, 7) is 8.63. The average Bonchev–Trinajstić information content (AvgIpc) is 3.27. The Hall–Kier alpha value is -2.02. The maximum absolute atomic E-state index is 12.9. The Morgan fingerprint density at radius 2 is 2.00 bits per heavy atom. The van der Waals surface area contributed by atoms with Crippen LogP contribution in [0.2, 0.25) is 0 Å². The predicted molar refractivity (Wildman–Crippen MR) is 111 cm³/mol. The van der Waals surface area contributed by atoms with E-state index >= 15 is 0 Å². The van der Waals surface area contributed by atoms with Gasteiger partial charge in [0.2, 0.25) is 5.82 Å². The molecule has 0 radical (unpaired) electrons. The van der Waals surface area contributed by atoms with E-state index in [1.165, 1.54) is 23.3 Å².